The number of carbonyl (C=O) groups excluding carboxylic acids is 1. The topological polar surface area (TPSA) is 55.4 Å². The van der Waals surface area contributed by atoms with E-state index >= 15 is 0 Å². The number of hydrogen-bond donors (Lipinski definition) is 1. The maximum atomic E-state index is 14.5. The van der Waals surface area contributed by atoms with Crippen LogP contribution in [0.25, 0.3) is 0 Å². The second-order valence-electron chi connectivity index (χ2n) is 7.13. The second-order valence-corrected chi connectivity index (χ2v) is 8.63. The van der Waals surface area contributed by atoms with Crippen molar-refractivity contribution in [3.8, 4) is 0 Å². The van der Waals surface area contributed by atoms with Crippen LogP contribution in [0.4, 0.5) is 22.4 Å². The van der Waals surface area contributed by atoms with E-state index in [4.69, 9.17) is 4.74 Å². The number of ether oxygens (including phenoxy) is 1. The number of rotatable bonds is 9. The van der Waals surface area contributed by atoms with Crippen LogP contribution in [0.5, 0.6) is 0 Å². The van der Waals surface area contributed by atoms with Crippen LogP contribution in [0.15, 0.2) is 67.3 Å². The number of benzene rings is 2. The van der Waals surface area contributed by atoms with E-state index in [0.717, 1.165) is 6.07 Å². The van der Waals surface area contributed by atoms with Crippen LogP contribution in [0.2, 0.25) is 0 Å². The fraction of sp³-hybridized carbons (Fsp3) is 0.318. The van der Waals surface area contributed by atoms with Crippen molar-refractivity contribution >= 4 is 16.9 Å². The SMILES string of the molecule is C=C[C@H](CS(=O)C[C@](C)(NC(=O)OCc1ccccc1)c1ccccc1F)C(F)(F)F. The average molecular weight is 457 g/mol. The standard InChI is InChI=1S/C22H23F4NO3S/c1-3-17(22(24,25)26)14-31(29)15-21(2,18-11-7-8-12-19(18)23)27-20(28)30-13-16-9-5-4-6-10-16/h3-12,17H,1,13-15H2,2H3,(H,27,28)/t17-,21+,31?/m1/s1. The Morgan fingerprint density at radius 2 is 1.77 bits per heavy atom. The number of alkyl halides is 3. The molecule has 1 amide bonds. The molecule has 4 nitrogen and oxygen atoms in total. The first-order chi connectivity index (χ1) is 14.5. The van der Waals surface area contributed by atoms with E-state index in [1.165, 1.54) is 25.1 Å². The van der Waals surface area contributed by atoms with Crippen molar-refractivity contribution in [2.45, 2.75) is 25.2 Å². The Kier molecular flexibility index (Phi) is 8.38. The lowest BCUT2D eigenvalue weighted by atomic mass is 9.93. The molecule has 0 saturated carbocycles. The highest BCUT2D eigenvalue weighted by atomic mass is 32.2. The Morgan fingerprint density at radius 3 is 2.35 bits per heavy atom. The average Bonchev–Trinajstić information content (AvgIpc) is 2.70. The fourth-order valence-corrected chi connectivity index (χ4v) is 4.67. The summed E-state index contributed by atoms with van der Waals surface area (Å²) in [6.07, 6.45) is -4.84. The molecule has 0 heterocycles. The highest BCUT2D eigenvalue weighted by Crippen LogP contribution is 2.30. The summed E-state index contributed by atoms with van der Waals surface area (Å²) >= 11 is 0. The Balaban J connectivity index is 2.19. The number of alkyl carbamates (subject to hydrolysis) is 1. The van der Waals surface area contributed by atoms with Crippen LogP contribution < -0.4 is 5.32 Å². The molecular weight excluding hydrogens is 434 g/mol. The maximum absolute atomic E-state index is 14.5. The van der Waals surface area contributed by atoms with Gasteiger partial charge in [-0.3, -0.25) is 4.21 Å². The largest absolute Gasteiger partial charge is 0.445 e. The van der Waals surface area contributed by atoms with Crippen molar-refractivity contribution in [1.82, 2.24) is 5.32 Å². The summed E-state index contributed by atoms with van der Waals surface area (Å²) < 4.78 is 71.2. The summed E-state index contributed by atoms with van der Waals surface area (Å²) in [5.74, 6) is -3.88. The van der Waals surface area contributed by atoms with Gasteiger partial charge in [-0.25, -0.2) is 9.18 Å². The third-order valence-electron chi connectivity index (χ3n) is 4.58. The second kappa shape index (κ2) is 10.6. The van der Waals surface area contributed by atoms with Crippen LogP contribution in [0, 0.1) is 11.7 Å². The van der Waals surface area contributed by atoms with Gasteiger partial charge in [0.2, 0.25) is 0 Å². The smallest absolute Gasteiger partial charge is 0.408 e. The predicted molar refractivity (Wildman–Crippen MR) is 111 cm³/mol. The van der Waals surface area contributed by atoms with Crippen molar-refractivity contribution in [3.63, 3.8) is 0 Å². The predicted octanol–water partition coefficient (Wildman–Crippen LogP) is 5.08. The molecule has 0 aliphatic rings. The monoisotopic (exact) mass is 457 g/mol. The van der Waals surface area contributed by atoms with Crippen molar-refractivity contribution in [2.75, 3.05) is 11.5 Å². The molecule has 1 unspecified atom stereocenters. The Morgan fingerprint density at radius 1 is 1.16 bits per heavy atom. The van der Waals surface area contributed by atoms with Gasteiger partial charge >= 0.3 is 12.3 Å². The van der Waals surface area contributed by atoms with Crippen molar-refractivity contribution in [1.29, 1.82) is 0 Å². The molecule has 0 aliphatic heterocycles. The van der Waals surface area contributed by atoms with E-state index < -0.39 is 51.8 Å². The first kappa shape index (κ1) is 24.6. The van der Waals surface area contributed by atoms with Gasteiger partial charge in [-0.05, 0) is 18.6 Å². The van der Waals surface area contributed by atoms with Gasteiger partial charge in [0, 0.05) is 22.1 Å². The minimum atomic E-state index is -4.60. The Labute approximate surface area is 180 Å². The van der Waals surface area contributed by atoms with Crippen molar-refractivity contribution in [3.05, 3.63) is 84.2 Å². The molecule has 2 rings (SSSR count). The number of halogens is 4. The van der Waals surface area contributed by atoms with E-state index in [1.54, 1.807) is 30.3 Å². The molecule has 3 atom stereocenters. The zero-order chi connectivity index (χ0) is 23.1. The molecular formula is C22H23F4NO3S. The summed E-state index contributed by atoms with van der Waals surface area (Å²) in [7, 11) is -2.06. The first-order valence-corrected chi connectivity index (χ1v) is 10.8. The lowest BCUT2D eigenvalue weighted by molar-refractivity contribution is -0.155. The maximum Gasteiger partial charge on any atom is 0.408 e. The molecule has 0 aromatic heterocycles. The van der Waals surface area contributed by atoms with Gasteiger partial charge in [-0.2, -0.15) is 13.2 Å². The van der Waals surface area contributed by atoms with E-state index in [9.17, 15) is 26.6 Å². The van der Waals surface area contributed by atoms with Crippen LogP contribution in [-0.4, -0.2) is 28.0 Å². The van der Waals surface area contributed by atoms with Gasteiger partial charge in [0.1, 0.15) is 12.4 Å². The third-order valence-corrected chi connectivity index (χ3v) is 6.21. The molecule has 2 aromatic carbocycles. The minimum absolute atomic E-state index is 0.0119. The van der Waals surface area contributed by atoms with Gasteiger partial charge in [0.25, 0.3) is 0 Å². The molecule has 2 aromatic rings. The molecule has 0 saturated heterocycles. The quantitative estimate of drug-likeness (QED) is 0.422. The van der Waals surface area contributed by atoms with Gasteiger partial charge < -0.3 is 10.1 Å². The van der Waals surface area contributed by atoms with Crippen molar-refractivity contribution < 1.29 is 31.3 Å². The van der Waals surface area contributed by atoms with Crippen molar-refractivity contribution in [2.24, 2.45) is 5.92 Å². The normalized spacial score (nSPS) is 15.4. The lowest BCUT2D eigenvalue weighted by Gasteiger charge is -2.31. The number of carbonyl (C=O) groups is 1. The van der Waals surface area contributed by atoms with E-state index in [1.807, 2.05) is 0 Å². The molecule has 0 radical (unpaired) electrons. The molecule has 0 fully saturated rings. The number of hydrogen-bond acceptors (Lipinski definition) is 3. The summed E-state index contributed by atoms with van der Waals surface area (Å²) in [6, 6.07) is 14.3. The Hall–Kier alpha value is -2.68. The molecule has 9 heteroatoms. The van der Waals surface area contributed by atoms with Gasteiger partial charge in [-0.15, -0.1) is 6.58 Å². The lowest BCUT2D eigenvalue weighted by Crippen LogP contribution is -2.48. The molecule has 168 valence electrons. The first-order valence-electron chi connectivity index (χ1n) is 9.33. The minimum Gasteiger partial charge on any atom is -0.445 e. The Bertz CT molecular complexity index is 920. The molecule has 0 spiro atoms. The van der Waals surface area contributed by atoms with Gasteiger partial charge in [0.15, 0.2) is 0 Å². The van der Waals surface area contributed by atoms with Crippen LogP contribution in [-0.2, 0) is 27.7 Å². The van der Waals surface area contributed by atoms with E-state index in [2.05, 4.69) is 11.9 Å². The highest BCUT2D eigenvalue weighted by Gasteiger charge is 2.40. The summed E-state index contributed by atoms with van der Waals surface area (Å²) in [6.45, 7) is 4.48. The molecule has 31 heavy (non-hydrogen) atoms. The van der Waals surface area contributed by atoms with Crippen LogP contribution >= 0.6 is 0 Å². The number of amides is 1. The van der Waals surface area contributed by atoms with Gasteiger partial charge in [-0.1, -0.05) is 54.6 Å². The van der Waals surface area contributed by atoms with E-state index in [-0.39, 0.29) is 12.2 Å². The highest BCUT2D eigenvalue weighted by molar-refractivity contribution is 7.85. The van der Waals surface area contributed by atoms with Crippen LogP contribution in [0.1, 0.15) is 18.1 Å². The third kappa shape index (κ3) is 7.20. The van der Waals surface area contributed by atoms with Crippen LogP contribution in [0.3, 0.4) is 0 Å². The van der Waals surface area contributed by atoms with Gasteiger partial charge in [0.05, 0.1) is 17.2 Å². The summed E-state index contributed by atoms with van der Waals surface area (Å²) in [5.41, 5.74) is -0.864. The number of nitrogens with one attached hydrogen (secondary N) is 1. The number of allylic oxidation sites excluding steroid dienone is 1. The summed E-state index contributed by atoms with van der Waals surface area (Å²) in [4.78, 5) is 12.4. The zero-order valence-electron chi connectivity index (χ0n) is 16.8. The zero-order valence-corrected chi connectivity index (χ0v) is 17.6. The molecule has 0 aliphatic carbocycles. The van der Waals surface area contributed by atoms with E-state index in [0.29, 0.717) is 11.6 Å². The molecule has 0 bridgehead atoms. The summed E-state index contributed by atoms with van der Waals surface area (Å²) in [5, 5.41) is 2.48. The molecule has 1 N–H and O–H groups in total. The fourth-order valence-electron chi connectivity index (χ4n) is 2.95.